The van der Waals surface area contributed by atoms with E-state index in [2.05, 4.69) is 5.32 Å². The first-order valence-electron chi connectivity index (χ1n) is 7.11. The summed E-state index contributed by atoms with van der Waals surface area (Å²) >= 11 is 5.92. The second-order valence-electron chi connectivity index (χ2n) is 5.54. The van der Waals surface area contributed by atoms with Crippen molar-refractivity contribution in [2.24, 2.45) is 0 Å². The van der Waals surface area contributed by atoms with E-state index < -0.39 is 0 Å². The second-order valence-corrected chi connectivity index (χ2v) is 5.98. The highest BCUT2D eigenvalue weighted by Gasteiger charge is 2.42. The molecule has 20 heavy (non-hydrogen) atoms. The van der Waals surface area contributed by atoms with Gasteiger partial charge in [0.1, 0.15) is 12.1 Å². The van der Waals surface area contributed by atoms with Crippen LogP contribution in [0.2, 0.25) is 5.02 Å². The van der Waals surface area contributed by atoms with Crippen molar-refractivity contribution in [3.05, 3.63) is 34.9 Å². The molecule has 1 heterocycles. The van der Waals surface area contributed by atoms with E-state index in [9.17, 15) is 4.79 Å². The summed E-state index contributed by atoms with van der Waals surface area (Å²) in [5.41, 5.74) is 0.975. The normalized spacial score (nSPS) is 27.5. The third-order valence-electron chi connectivity index (χ3n) is 4.12. The van der Waals surface area contributed by atoms with Crippen LogP contribution in [0, 0.1) is 0 Å². The van der Waals surface area contributed by atoms with Crippen molar-refractivity contribution in [1.82, 2.24) is 10.4 Å². The molecular formula is C15H19ClN2O2. The standard InChI is InChI=1S/C15H19ClN2O2/c1-18-15(19)13(17-12-4-2-3-5-12)14(20-18)10-6-8-11(16)9-7-10/h6-9,12-14,17H,2-5H2,1H3/t13-,14-/m1/s1. The molecule has 3 rings (SSSR count). The number of hydrogen-bond donors (Lipinski definition) is 1. The van der Waals surface area contributed by atoms with Gasteiger partial charge in [0.15, 0.2) is 0 Å². The van der Waals surface area contributed by atoms with Gasteiger partial charge in [0.2, 0.25) is 0 Å². The number of halogens is 1. The Balaban J connectivity index is 1.79. The van der Waals surface area contributed by atoms with Crippen LogP contribution < -0.4 is 5.32 Å². The summed E-state index contributed by atoms with van der Waals surface area (Å²) in [7, 11) is 1.67. The van der Waals surface area contributed by atoms with Gasteiger partial charge in [0.25, 0.3) is 5.91 Å². The molecule has 1 aliphatic heterocycles. The summed E-state index contributed by atoms with van der Waals surface area (Å²) < 4.78 is 0. The van der Waals surface area contributed by atoms with Crippen LogP contribution in [-0.2, 0) is 9.63 Å². The summed E-state index contributed by atoms with van der Waals surface area (Å²) in [6, 6.07) is 7.62. The molecule has 0 unspecified atom stereocenters. The Morgan fingerprint density at radius 3 is 2.55 bits per heavy atom. The number of carbonyl (C=O) groups is 1. The van der Waals surface area contributed by atoms with Crippen molar-refractivity contribution in [2.75, 3.05) is 7.05 Å². The number of amides is 1. The molecule has 0 bridgehead atoms. The Hall–Kier alpha value is -1.10. The maximum atomic E-state index is 12.3. The van der Waals surface area contributed by atoms with Crippen LogP contribution >= 0.6 is 11.6 Å². The maximum absolute atomic E-state index is 12.3. The predicted molar refractivity (Wildman–Crippen MR) is 77.2 cm³/mol. The zero-order valence-corrected chi connectivity index (χ0v) is 12.3. The topological polar surface area (TPSA) is 41.6 Å². The Labute approximate surface area is 124 Å². The van der Waals surface area contributed by atoms with Gasteiger partial charge in [0, 0.05) is 18.1 Å². The highest BCUT2D eigenvalue weighted by molar-refractivity contribution is 6.30. The van der Waals surface area contributed by atoms with E-state index in [1.807, 2.05) is 24.3 Å². The maximum Gasteiger partial charge on any atom is 0.266 e. The highest BCUT2D eigenvalue weighted by atomic mass is 35.5. The number of hydrogen-bond acceptors (Lipinski definition) is 3. The molecule has 2 fully saturated rings. The van der Waals surface area contributed by atoms with E-state index in [1.165, 1.54) is 17.9 Å². The Kier molecular flexibility index (Phi) is 3.96. The molecule has 1 aromatic rings. The molecule has 2 aliphatic rings. The predicted octanol–water partition coefficient (Wildman–Crippen LogP) is 2.69. The van der Waals surface area contributed by atoms with E-state index in [1.54, 1.807) is 7.05 Å². The summed E-state index contributed by atoms with van der Waals surface area (Å²) in [6.07, 6.45) is 4.48. The molecule has 1 N–H and O–H groups in total. The van der Waals surface area contributed by atoms with Gasteiger partial charge < -0.3 is 5.32 Å². The van der Waals surface area contributed by atoms with Gasteiger partial charge in [-0.2, -0.15) is 0 Å². The van der Waals surface area contributed by atoms with Crippen molar-refractivity contribution >= 4 is 17.5 Å². The summed E-state index contributed by atoms with van der Waals surface area (Å²) in [5.74, 6) is -0.00292. The third-order valence-corrected chi connectivity index (χ3v) is 4.37. The number of nitrogens with one attached hydrogen (secondary N) is 1. The second kappa shape index (κ2) is 5.72. The van der Waals surface area contributed by atoms with Crippen LogP contribution in [0.25, 0.3) is 0 Å². The number of benzene rings is 1. The van der Waals surface area contributed by atoms with Crippen molar-refractivity contribution in [2.45, 2.75) is 43.9 Å². The van der Waals surface area contributed by atoms with Crippen LogP contribution in [0.3, 0.4) is 0 Å². The molecule has 2 atom stereocenters. The van der Waals surface area contributed by atoms with Crippen LogP contribution in [0.5, 0.6) is 0 Å². The third kappa shape index (κ3) is 2.68. The molecule has 0 aromatic heterocycles. The molecule has 1 saturated carbocycles. The lowest BCUT2D eigenvalue weighted by Gasteiger charge is -2.20. The Morgan fingerprint density at radius 1 is 1.25 bits per heavy atom. The van der Waals surface area contributed by atoms with Crippen LogP contribution in [0.15, 0.2) is 24.3 Å². The largest absolute Gasteiger partial charge is 0.300 e. The van der Waals surface area contributed by atoms with Crippen LogP contribution in [0.4, 0.5) is 0 Å². The van der Waals surface area contributed by atoms with Gasteiger partial charge >= 0.3 is 0 Å². The van der Waals surface area contributed by atoms with Crippen molar-refractivity contribution in [3.63, 3.8) is 0 Å². The Morgan fingerprint density at radius 2 is 1.90 bits per heavy atom. The van der Waals surface area contributed by atoms with E-state index >= 15 is 0 Å². The van der Waals surface area contributed by atoms with E-state index in [0.29, 0.717) is 11.1 Å². The van der Waals surface area contributed by atoms with E-state index in [4.69, 9.17) is 16.4 Å². The minimum absolute atomic E-state index is 0.00292. The van der Waals surface area contributed by atoms with Gasteiger partial charge in [-0.1, -0.05) is 36.6 Å². The summed E-state index contributed by atoms with van der Waals surface area (Å²) in [5, 5.41) is 5.50. The zero-order valence-electron chi connectivity index (χ0n) is 11.5. The molecule has 0 spiro atoms. The summed E-state index contributed by atoms with van der Waals surface area (Å²) in [4.78, 5) is 18.0. The van der Waals surface area contributed by atoms with Crippen molar-refractivity contribution in [3.8, 4) is 0 Å². The molecule has 4 nitrogen and oxygen atoms in total. The minimum atomic E-state index is -0.302. The zero-order chi connectivity index (χ0) is 14.1. The van der Waals surface area contributed by atoms with Gasteiger partial charge in [-0.15, -0.1) is 0 Å². The quantitative estimate of drug-likeness (QED) is 0.932. The number of carbonyl (C=O) groups excluding carboxylic acids is 1. The fraction of sp³-hybridized carbons (Fsp3) is 0.533. The molecule has 1 aromatic carbocycles. The van der Waals surface area contributed by atoms with E-state index in [0.717, 1.165) is 18.4 Å². The first-order chi connectivity index (χ1) is 9.65. The number of hydroxylamine groups is 2. The van der Waals surface area contributed by atoms with Gasteiger partial charge in [-0.25, -0.2) is 5.06 Å². The number of likely N-dealkylation sites (N-methyl/N-ethyl adjacent to an activating group) is 1. The molecule has 1 amide bonds. The lowest BCUT2D eigenvalue weighted by molar-refractivity contribution is -0.164. The van der Waals surface area contributed by atoms with Crippen molar-refractivity contribution in [1.29, 1.82) is 0 Å². The van der Waals surface area contributed by atoms with E-state index in [-0.39, 0.29) is 18.1 Å². The first-order valence-corrected chi connectivity index (χ1v) is 7.49. The monoisotopic (exact) mass is 294 g/mol. The fourth-order valence-corrected chi connectivity index (χ4v) is 3.15. The SMILES string of the molecule is CN1O[C@H](c2ccc(Cl)cc2)[C@@H](NC2CCCC2)C1=O. The first kappa shape index (κ1) is 13.9. The van der Waals surface area contributed by atoms with Gasteiger partial charge in [-0.05, 0) is 30.5 Å². The average molecular weight is 295 g/mol. The lowest BCUT2D eigenvalue weighted by atomic mass is 10.0. The highest BCUT2D eigenvalue weighted by Crippen LogP contribution is 2.31. The molecule has 1 aliphatic carbocycles. The van der Waals surface area contributed by atoms with Gasteiger partial charge in [-0.3, -0.25) is 9.63 Å². The average Bonchev–Trinajstić information content (AvgIpc) is 3.04. The fourth-order valence-electron chi connectivity index (χ4n) is 3.02. The van der Waals surface area contributed by atoms with Crippen LogP contribution in [-0.4, -0.2) is 30.1 Å². The van der Waals surface area contributed by atoms with Gasteiger partial charge in [0.05, 0.1) is 0 Å². The molecule has 5 heteroatoms. The Bertz CT molecular complexity index is 485. The lowest BCUT2D eigenvalue weighted by Crippen LogP contribution is -2.44. The molecular weight excluding hydrogens is 276 g/mol. The smallest absolute Gasteiger partial charge is 0.266 e. The minimum Gasteiger partial charge on any atom is -0.300 e. The van der Waals surface area contributed by atoms with Crippen LogP contribution in [0.1, 0.15) is 37.4 Å². The number of nitrogens with zero attached hydrogens (tertiary/aromatic N) is 1. The molecule has 108 valence electrons. The summed E-state index contributed by atoms with van der Waals surface area (Å²) in [6.45, 7) is 0. The number of rotatable bonds is 3. The molecule has 1 saturated heterocycles. The molecule has 0 radical (unpaired) electrons. The van der Waals surface area contributed by atoms with Crippen molar-refractivity contribution < 1.29 is 9.63 Å².